The molecule has 2 N–H and O–H groups in total. The molecule has 1 heterocycles. The van der Waals surface area contributed by atoms with Gasteiger partial charge < -0.3 is 15.4 Å². The van der Waals surface area contributed by atoms with Gasteiger partial charge in [-0.3, -0.25) is 4.79 Å². The van der Waals surface area contributed by atoms with E-state index >= 15 is 0 Å². The van der Waals surface area contributed by atoms with Gasteiger partial charge in [-0.05, 0) is 53.9 Å². The number of hydrogen-bond acceptors (Lipinski definition) is 4. The summed E-state index contributed by atoms with van der Waals surface area (Å²) in [4.78, 5) is 16.5. The molecular formula is C22H22ClN3O2. The summed E-state index contributed by atoms with van der Waals surface area (Å²) in [5, 5.41) is 6.85. The van der Waals surface area contributed by atoms with E-state index in [2.05, 4.69) is 15.6 Å². The van der Waals surface area contributed by atoms with E-state index in [1.54, 1.807) is 25.4 Å². The van der Waals surface area contributed by atoms with Crippen LogP contribution in [0.25, 0.3) is 0 Å². The third-order valence-corrected chi connectivity index (χ3v) is 4.52. The zero-order chi connectivity index (χ0) is 19.8. The number of benzene rings is 2. The lowest BCUT2D eigenvalue weighted by molar-refractivity contribution is 0.0954. The van der Waals surface area contributed by atoms with E-state index in [4.69, 9.17) is 16.3 Å². The quantitative estimate of drug-likeness (QED) is 0.596. The van der Waals surface area contributed by atoms with Gasteiger partial charge in [0.25, 0.3) is 5.91 Å². The highest BCUT2D eigenvalue weighted by molar-refractivity contribution is 6.30. The van der Waals surface area contributed by atoms with Crippen LogP contribution >= 0.6 is 11.6 Å². The van der Waals surface area contributed by atoms with Crippen LogP contribution in [0.2, 0.25) is 5.02 Å². The standard InChI is InChI=1S/C22H22ClN3O2/c1-28-20-9-4-17(5-10-20)14-25-21-11-6-18(15-26-21)22(27)24-13-12-16-2-7-19(23)8-3-16/h2-11,15H,12-14H2,1H3,(H,24,27)(H,25,26). The Labute approximate surface area is 169 Å². The van der Waals surface area contributed by atoms with Crippen molar-refractivity contribution in [3.8, 4) is 5.75 Å². The minimum atomic E-state index is -0.136. The van der Waals surface area contributed by atoms with Crippen molar-refractivity contribution in [2.75, 3.05) is 19.0 Å². The van der Waals surface area contributed by atoms with Crippen molar-refractivity contribution in [2.24, 2.45) is 0 Å². The van der Waals surface area contributed by atoms with Gasteiger partial charge in [-0.1, -0.05) is 35.9 Å². The molecule has 0 atom stereocenters. The molecule has 5 nitrogen and oxygen atoms in total. The second kappa shape index (κ2) is 9.76. The van der Waals surface area contributed by atoms with Crippen LogP contribution in [0.1, 0.15) is 21.5 Å². The van der Waals surface area contributed by atoms with E-state index in [1.165, 1.54) is 0 Å². The van der Waals surface area contributed by atoms with Crippen LogP contribution in [0.15, 0.2) is 66.9 Å². The molecule has 6 heteroatoms. The predicted octanol–water partition coefficient (Wildman–Crippen LogP) is 4.33. The van der Waals surface area contributed by atoms with Crippen molar-refractivity contribution in [1.29, 1.82) is 0 Å². The normalized spacial score (nSPS) is 10.4. The van der Waals surface area contributed by atoms with Gasteiger partial charge in [0.2, 0.25) is 0 Å². The second-order valence-electron chi connectivity index (χ2n) is 6.27. The first-order chi connectivity index (χ1) is 13.6. The highest BCUT2D eigenvalue weighted by Crippen LogP contribution is 2.13. The molecule has 28 heavy (non-hydrogen) atoms. The molecule has 0 aliphatic carbocycles. The van der Waals surface area contributed by atoms with E-state index in [0.29, 0.717) is 29.5 Å². The Morgan fingerprint density at radius 2 is 1.71 bits per heavy atom. The number of methoxy groups -OCH3 is 1. The lowest BCUT2D eigenvalue weighted by atomic mass is 10.1. The van der Waals surface area contributed by atoms with Crippen LogP contribution in [0.5, 0.6) is 5.75 Å². The first-order valence-corrected chi connectivity index (χ1v) is 9.37. The molecule has 0 aliphatic rings. The summed E-state index contributed by atoms with van der Waals surface area (Å²) < 4.78 is 5.15. The number of ether oxygens (including phenoxy) is 1. The van der Waals surface area contributed by atoms with E-state index in [0.717, 1.165) is 23.3 Å². The van der Waals surface area contributed by atoms with Crippen LogP contribution < -0.4 is 15.4 Å². The summed E-state index contributed by atoms with van der Waals surface area (Å²) >= 11 is 5.87. The van der Waals surface area contributed by atoms with Gasteiger partial charge in [0.15, 0.2) is 0 Å². The van der Waals surface area contributed by atoms with Crippen LogP contribution in [0, 0.1) is 0 Å². The summed E-state index contributed by atoms with van der Waals surface area (Å²) in [5.74, 6) is 1.41. The van der Waals surface area contributed by atoms with Gasteiger partial charge >= 0.3 is 0 Å². The van der Waals surface area contributed by atoms with Gasteiger partial charge in [0.05, 0.1) is 12.7 Å². The summed E-state index contributed by atoms with van der Waals surface area (Å²) in [6.07, 6.45) is 2.33. The summed E-state index contributed by atoms with van der Waals surface area (Å²) in [5.41, 5.74) is 2.78. The fourth-order valence-electron chi connectivity index (χ4n) is 2.64. The largest absolute Gasteiger partial charge is 0.497 e. The van der Waals surface area contributed by atoms with E-state index in [9.17, 15) is 4.79 Å². The number of carbonyl (C=O) groups is 1. The molecule has 0 aliphatic heterocycles. The topological polar surface area (TPSA) is 63.2 Å². The Morgan fingerprint density at radius 3 is 2.36 bits per heavy atom. The number of halogens is 1. The fraction of sp³-hybridized carbons (Fsp3) is 0.182. The van der Waals surface area contributed by atoms with E-state index in [-0.39, 0.29) is 5.91 Å². The predicted molar refractivity (Wildman–Crippen MR) is 112 cm³/mol. The fourth-order valence-corrected chi connectivity index (χ4v) is 2.77. The number of nitrogens with one attached hydrogen (secondary N) is 2. The Hall–Kier alpha value is -3.05. The van der Waals surface area contributed by atoms with Gasteiger partial charge in [0.1, 0.15) is 11.6 Å². The highest BCUT2D eigenvalue weighted by atomic mass is 35.5. The van der Waals surface area contributed by atoms with Crippen LogP contribution in [0.3, 0.4) is 0 Å². The van der Waals surface area contributed by atoms with Crippen molar-refractivity contribution in [1.82, 2.24) is 10.3 Å². The molecule has 0 bridgehead atoms. The number of aromatic nitrogens is 1. The van der Waals surface area contributed by atoms with Gasteiger partial charge in [-0.2, -0.15) is 0 Å². The number of carbonyl (C=O) groups excluding carboxylic acids is 1. The second-order valence-corrected chi connectivity index (χ2v) is 6.70. The van der Waals surface area contributed by atoms with Crippen molar-refractivity contribution in [3.63, 3.8) is 0 Å². The van der Waals surface area contributed by atoms with Crippen LogP contribution in [-0.4, -0.2) is 24.5 Å². The number of nitrogens with zero attached hydrogens (tertiary/aromatic N) is 1. The molecule has 2 aromatic carbocycles. The molecule has 0 radical (unpaired) electrons. The van der Waals surface area contributed by atoms with Crippen LogP contribution in [0.4, 0.5) is 5.82 Å². The van der Waals surface area contributed by atoms with Gasteiger partial charge in [-0.15, -0.1) is 0 Å². The van der Waals surface area contributed by atoms with Crippen molar-refractivity contribution < 1.29 is 9.53 Å². The molecule has 1 aromatic heterocycles. The molecule has 0 unspecified atom stereocenters. The van der Waals surface area contributed by atoms with Gasteiger partial charge in [-0.25, -0.2) is 4.98 Å². The van der Waals surface area contributed by atoms with Crippen molar-refractivity contribution in [3.05, 3.63) is 88.6 Å². The summed E-state index contributed by atoms with van der Waals surface area (Å²) in [7, 11) is 1.65. The lowest BCUT2D eigenvalue weighted by Crippen LogP contribution is -2.25. The summed E-state index contributed by atoms with van der Waals surface area (Å²) in [6, 6.07) is 19.0. The monoisotopic (exact) mass is 395 g/mol. The molecular weight excluding hydrogens is 374 g/mol. The molecule has 0 saturated carbocycles. The minimum absolute atomic E-state index is 0.136. The van der Waals surface area contributed by atoms with E-state index < -0.39 is 0 Å². The SMILES string of the molecule is COc1ccc(CNc2ccc(C(=O)NCCc3ccc(Cl)cc3)cn2)cc1. The number of pyridine rings is 1. The maximum Gasteiger partial charge on any atom is 0.252 e. The number of anilines is 1. The molecule has 3 aromatic rings. The first kappa shape index (κ1) is 19.7. The average molecular weight is 396 g/mol. The average Bonchev–Trinajstić information content (AvgIpc) is 2.74. The third-order valence-electron chi connectivity index (χ3n) is 4.27. The molecule has 1 amide bonds. The summed E-state index contributed by atoms with van der Waals surface area (Å²) in [6.45, 7) is 1.20. The Bertz CT molecular complexity index is 895. The highest BCUT2D eigenvalue weighted by Gasteiger charge is 2.06. The minimum Gasteiger partial charge on any atom is -0.497 e. The van der Waals surface area contributed by atoms with Crippen molar-refractivity contribution in [2.45, 2.75) is 13.0 Å². The molecule has 0 fully saturated rings. The zero-order valence-corrected chi connectivity index (χ0v) is 16.4. The Balaban J connectivity index is 1.46. The van der Waals surface area contributed by atoms with E-state index in [1.807, 2.05) is 48.5 Å². The maximum absolute atomic E-state index is 12.2. The smallest absolute Gasteiger partial charge is 0.252 e. The first-order valence-electron chi connectivity index (χ1n) is 8.99. The lowest BCUT2D eigenvalue weighted by Gasteiger charge is -2.08. The van der Waals surface area contributed by atoms with Crippen molar-refractivity contribution >= 4 is 23.3 Å². The maximum atomic E-state index is 12.2. The molecule has 144 valence electrons. The molecule has 0 spiro atoms. The van der Waals surface area contributed by atoms with Gasteiger partial charge in [0, 0.05) is 24.3 Å². The number of amides is 1. The molecule has 3 rings (SSSR count). The Kier molecular flexibility index (Phi) is 6.87. The molecule has 0 saturated heterocycles. The zero-order valence-electron chi connectivity index (χ0n) is 15.6. The Morgan fingerprint density at radius 1 is 1.00 bits per heavy atom. The van der Waals surface area contributed by atoms with Crippen LogP contribution in [-0.2, 0) is 13.0 Å². The number of hydrogen-bond donors (Lipinski definition) is 2. The third kappa shape index (κ3) is 5.72. The number of rotatable bonds is 8.